The molecule has 0 aliphatic carbocycles. The Labute approximate surface area is 113 Å². The normalized spacial score (nSPS) is 21.3. The van der Waals surface area contributed by atoms with Crippen molar-refractivity contribution in [1.82, 2.24) is 10.2 Å². The maximum absolute atomic E-state index is 11.9. The Hall–Kier alpha value is -1.14. The van der Waals surface area contributed by atoms with Crippen LogP contribution in [0, 0.1) is 11.8 Å². The van der Waals surface area contributed by atoms with Crippen LogP contribution in [0.15, 0.2) is 0 Å². The van der Waals surface area contributed by atoms with Crippen molar-refractivity contribution in [2.75, 3.05) is 26.2 Å². The van der Waals surface area contributed by atoms with E-state index in [-0.39, 0.29) is 36.8 Å². The number of rotatable bonds is 5. The molecule has 1 aliphatic heterocycles. The Bertz CT molecular complexity index is 320. The van der Waals surface area contributed by atoms with Gasteiger partial charge in [0.25, 0.3) is 0 Å². The Kier molecular flexibility index (Phi) is 6.24. The van der Waals surface area contributed by atoms with Crippen LogP contribution in [0.4, 0.5) is 0 Å². The molecule has 6 heteroatoms. The molecule has 0 aromatic carbocycles. The van der Waals surface area contributed by atoms with E-state index in [9.17, 15) is 14.7 Å². The Morgan fingerprint density at radius 2 is 2.11 bits per heavy atom. The van der Waals surface area contributed by atoms with Crippen LogP contribution in [-0.4, -0.2) is 59.3 Å². The van der Waals surface area contributed by atoms with E-state index in [2.05, 4.69) is 5.32 Å². The number of hydrogen-bond donors (Lipinski definition) is 3. The van der Waals surface area contributed by atoms with E-state index >= 15 is 0 Å². The molecule has 1 fully saturated rings. The summed E-state index contributed by atoms with van der Waals surface area (Å²) in [5, 5.41) is 20.5. The largest absolute Gasteiger partial charge is 0.394 e. The number of amides is 2. The van der Waals surface area contributed by atoms with E-state index in [1.54, 1.807) is 4.90 Å². The van der Waals surface area contributed by atoms with Crippen LogP contribution in [0.2, 0.25) is 0 Å². The summed E-state index contributed by atoms with van der Waals surface area (Å²) in [5.74, 6) is -0.359. The Balaban J connectivity index is 2.45. The maximum atomic E-state index is 11.9. The number of carbonyl (C=O) groups is 2. The van der Waals surface area contributed by atoms with Crippen LogP contribution in [0.5, 0.6) is 0 Å². The molecular weight excluding hydrogens is 248 g/mol. The smallest absolute Gasteiger partial charge is 0.225 e. The van der Waals surface area contributed by atoms with Crippen molar-refractivity contribution < 1.29 is 19.8 Å². The summed E-state index contributed by atoms with van der Waals surface area (Å²) >= 11 is 0. The van der Waals surface area contributed by atoms with Crippen molar-refractivity contribution in [1.29, 1.82) is 0 Å². The standard InChI is InChI=1S/C13H24N2O4/c1-9(2)13(19)15-5-3-4-10(7-15)12(18)14-6-11(17)8-16/h9-11,16-17H,3-8H2,1-2H3,(H,14,18). The van der Waals surface area contributed by atoms with Gasteiger partial charge in [-0.1, -0.05) is 13.8 Å². The van der Waals surface area contributed by atoms with Gasteiger partial charge in [-0.3, -0.25) is 9.59 Å². The lowest BCUT2D eigenvalue weighted by molar-refractivity contribution is -0.138. The molecule has 6 nitrogen and oxygen atoms in total. The van der Waals surface area contributed by atoms with Gasteiger partial charge in [0.2, 0.25) is 11.8 Å². The lowest BCUT2D eigenvalue weighted by atomic mass is 9.96. The number of nitrogens with one attached hydrogen (secondary N) is 1. The lowest BCUT2D eigenvalue weighted by Gasteiger charge is -2.33. The number of aliphatic hydroxyl groups excluding tert-OH is 2. The van der Waals surface area contributed by atoms with Gasteiger partial charge in [-0.25, -0.2) is 0 Å². The van der Waals surface area contributed by atoms with Crippen molar-refractivity contribution in [3.8, 4) is 0 Å². The SMILES string of the molecule is CC(C)C(=O)N1CCCC(C(=O)NCC(O)CO)C1. The van der Waals surface area contributed by atoms with Crippen LogP contribution >= 0.6 is 0 Å². The zero-order chi connectivity index (χ0) is 14.4. The van der Waals surface area contributed by atoms with Crippen molar-refractivity contribution >= 4 is 11.8 Å². The topological polar surface area (TPSA) is 89.9 Å². The average Bonchev–Trinajstić information content (AvgIpc) is 2.43. The summed E-state index contributed by atoms with van der Waals surface area (Å²) in [7, 11) is 0. The first-order chi connectivity index (χ1) is 8.95. The Morgan fingerprint density at radius 1 is 1.42 bits per heavy atom. The van der Waals surface area contributed by atoms with E-state index in [4.69, 9.17) is 5.11 Å². The van der Waals surface area contributed by atoms with Gasteiger partial charge in [0.1, 0.15) is 0 Å². The number of likely N-dealkylation sites (tertiary alicyclic amines) is 1. The Morgan fingerprint density at radius 3 is 2.68 bits per heavy atom. The molecule has 0 aromatic rings. The second kappa shape index (κ2) is 7.45. The van der Waals surface area contributed by atoms with Gasteiger partial charge >= 0.3 is 0 Å². The predicted molar refractivity (Wildman–Crippen MR) is 70.2 cm³/mol. The van der Waals surface area contributed by atoms with Gasteiger partial charge in [0.15, 0.2) is 0 Å². The molecule has 0 spiro atoms. The first-order valence-corrected chi connectivity index (χ1v) is 6.81. The molecule has 0 aromatic heterocycles. The van der Waals surface area contributed by atoms with Crippen LogP contribution in [0.3, 0.4) is 0 Å². The average molecular weight is 272 g/mol. The van der Waals surface area contributed by atoms with Crippen LogP contribution in [-0.2, 0) is 9.59 Å². The quantitative estimate of drug-likeness (QED) is 0.620. The fourth-order valence-electron chi connectivity index (χ4n) is 2.18. The molecule has 2 unspecified atom stereocenters. The number of hydrogen-bond acceptors (Lipinski definition) is 4. The lowest BCUT2D eigenvalue weighted by Crippen LogP contribution is -2.47. The predicted octanol–water partition coefficient (Wildman–Crippen LogP) is -0.650. The monoisotopic (exact) mass is 272 g/mol. The third-order valence-electron chi connectivity index (χ3n) is 3.32. The summed E-state index contributed by atoms with van der Waals surface area (Å²) < 4.78 is 0. The summed E-state index contributed by atoms with van der Waals surface area (Å²) in [6, 6.07) is 0. The fourth-order valence-corrected chi connectivity index (χ4v) is 2.18. The molecule has 2 amide bonds. The molecule has 110 valence electrons. The van der Waals surface area contributed by atoms with Crippen LogP contribution in [0.1, 0.15) is 26.7 Å². The minimum Gasteiger partial charge on any atom is -0.394 e. The molecule has 0 saturated carbocycles. The van der Waals surface area contributed by atoms with E-state index < -0.39 is 6.10 Å². The van der Waals surface area contributed by atoms with Gasteiger partial charge in [-0.05, 0) is 12.8 Å². The van der Waals surface area contributed by atoms with Gasteiger partial charge in [0.05, 0.1) is 18.6 Å². The first kappa shape index (κ1) is 15.9. The minimum absolute atomic E-state index is 0.0456. The first-order valence-electron chi connectivity index (χ1n) is 6.81. The van der Waals surface area contributed by atoms with E-state index in [0.29, 0.717) is 13.1 Å². The molecule has 1 saturated heterocycles. The van der Waals surface area contributed by atoms with Crippen LogP contribution in [0.25, 0.3) is 0 Å². The van der Waals surface area contributed by atoms with Gasteiger partial charge < -0.3 is 20.4 Å². The zero-order valence-electron chi connectivity index (χ0n) is 11.6. The minimum atomic E-state index is -0.930. The molecule has 1 aliphatic rings. The van der Waals surface area contributed by atoms with Crippen molar-refractivity contribution in [2.24, 2.45) is 11.8 Å². The second-order valence-electron chi connectivity index (χ2n) is 5.36. The third-order valence-corrected chi connectivity index (χ3v) is 3.32. The number of carbonyl (C=O) groups excluding carboxylic acids is 2. The van der Waals surface area contributed by atoms with Crippen molar-refractivity contribution in [3.63, 3.8) is 0 Å². The highest BCUT2D eigenvalue weighted by atomic mass is 16.3. The molecule has 3 N–H and O–H groups in total. The van der Waals surface area contributed by atoms with Crippen LogP contribution < -0.4 is 5.32 Å². The van der Waals surface area contributed by atoms with Gasteiger partial charge in [0, 0.05) is 25.6 Å². The molecule has 19 heavy (non-hydrogen) atoms. The van der Waals surface area contributed by atoms with Crippen molar-refractivity contribution in [2.45, 2.75) is 32.8 Å². The van der Waals surface area contributed by atoms with E-state index in [1.165, 1.54) is 0 Å². The number of nitrogens with zero attached hydrogens (tertiary/aromatic N) is 1. The molecule has 2 atom stereocenters. The summed E-state index contributed by atoms with van der Waals surface area (Å²) in [5.41, 5.74) is 0. The molecule has 1 heterocycles. The summed E-state index contributed by atoms with van der Waals surface area (Å²) in [4.78, 5) is 25.6. The summed E-state index contributed by atoms with van der Waals surface area (Å²) in [6.07, 6.45) is 0.642. The fraction of sp³-hybridized carbons (Fsp3) is 0.846. The van der Waals surface area contributed by atoms with Gasteiger partial charge in [-0.2, -0.15) is 0 Å². The zero-order valence-corrected chi connectivity index (χ0v) is 11.6. The van der Waals surface area contributed by atoms with E-state index in [1.807, 2.05) is 13.8 Å². The van der Waals surface area contributed by atoms with Gasteiger partial charge in [-0.15, -0.1) is 0 Å². The maximum Gasteiger partial charge on any atom is 0.225 e. The molecule has 0 radical (unpaired) electrons. The third kappa shape index (κ3) is 4.80. The number of aliphatic hydroxyl groups is 2. The van der Waals surface area contributed by atoms with E-state index in [0.717, 1.165) is 12.8 Å². The highest BCUT2D eigenvalue weighted by molar-refractivity contribution is 5.82. The highest BCUT2D eigenvalue weighted by Crippen LogP contribution is 2.18. The highest BCUT2D eigenvalue weighted by Gasteiger charge is 2.29. The molecule has 1 rings (SSSR count). The molecular formula is C13H24N2O4. The second-order valence-corrected chi connectivity index (χ2v) is 5.36. The summed E-state index contributed by atoms with van der Waals surface area (Å²) in [6.45, 7) is 4.53. The molecule has 0 bridgehead atoms. The van der Waals surface area contributed by atoms with Crippen molar-refractivity contribution in [3.05, 3.63) is 0 Å². The number of piperidine rings is 1.